The van der Waals surface area contributed by atoms with Crippen molar-refractivity contribution >= 4 is 11.9 Å². The SMILES string of the molecule is O=C(Cc1ccc(C(=O)O)cc1)NCCN1CCc2ccccc2C1. The minimum absolute atomic E-state index is 0.0412. The summed E-state index contributed by atoms with van der Waals surface area (Å²) in [5, 5.41) is 11.8. The molecule has 1 aliphatic rings. The van der Waals surface area contributed by atoms with Gasteiger partial charge in [-0.3, -0.25) is 9.69 Å². The molecule has 0 saturated carbocycles. The van der Waals surface area contributed by atoms with E-state index in [0.29, 0.717) is 6.54 Å². The van der Waals surface area contributed by atoms with Crippen LogP contribution >= 0.6 is 0 Å². The summed E-state index contributed by atoms with van der Waals surface area (Å²) in [6, 6.07) is 14.9. The van der Waals surface area contributed by atoms with Gasteiger partial charge in [-0.1, -0.05) is 36.4 Å². The van der Waals surface area contributed by atoms with Gasteiger partial charge in [0, 0.05) is 26.2 Å². The standard InChI is InChI=1S/C20H22N2O3/c23-19(13-15-5-7-17(8-6-15)20(24)25)21-10-12-22-11-9-16-3-1-2-4-18(16)14-22/h1-8H,9-14H2,(H,21,23)(H,24,25). The Kier molecular flexibility index (Phi) is 5.46. The van der Waals surface area contributed by atoms with E-state index in [9.17, 15) is 9.59 Å². The lowest BCUT2D eigenvalue weighted by molar-refractivity contribution is -0.120. The third kappa shape index (κ3) is 4.67. The zero-order valence-electron chi connectivity index (χ0n) is 14.1. The van der Waals surface area contributed by atoms with Gasteiger partial charge >= 0.3 is 5.97 Å². The molecule has 0 atom stereocenters. The average Bonchev–Trinajstić information content (AvgIpc) is 2.62. The first-order valence-electron chi connectivity index (χ1n) is 8.50. The molecule has 1 amide bonds. The number of rotatable bonds is 6. The molecule has 0 radical (unpaired) electrons. The highest BCUT2D eigenvalue weighted by Gasteiger charge is 2.15. The molecule has 1 heterocycles. The number of hydrogen-bond donors (Lipinski definition) is 2. The lowest BCUT2D eigenvalue weighted by atomic mass is 10.00. The van der Waals surface area contributed by atoms with Gasteiger partial charge in [-0.05, 0) is 35.2 Å². The Hall–Kier alpha value is -2.66. The van der Waals surface area contributed by atoms with Gasteiger partial charge in [-0.25, -0.2) is 4.79 Å². The predicted molar refractivity (Wildman–Crippen MR) is 95.5 cm³/mol. The van der Waals surface area contributed by atoms with Crippen molar-refractivity contribution in [2.45, 2.75) is 19.4 Å². The third-order valence-electron chi connectivity index (χ3n) is 4.53. The molecule has 0 bridgehead atoms. The van der Waals surface area contributed by atoms with Crippen LogP contribution in [0.4, 0.5) is 0 Å². The molecule has 130 valence electrons. The Balaban J connectivity index is 1.42. The number of fused-ring (bicyclic) bond motifs is 1. The summed E-state index contributed by atoms with van der Waals surface area (Å²) in [6.45, 7) is 3.40. The van der Waals surface area contributed by atoms with Crippen molar-refractivity contribution in [2.24, 2.45) is 0 Å². The quantitative estimate of drug-likeness (QED) is 0.846. The Morgan fingerprint density at radius 2 is 1.76 bits per heavy atom. The van der Waals surface area contributed by atoms with Crippen molar-refractivity contribution in [1.82, 2.24) is 10.2 Å². The van der Waals surface area contributed by atoms with Gasteiger partial charge in [0.25, 0.3) is 0 Å². The largest absolute Gasteiger partial charge is 0.478 e. The van der Waals surface area contributed by atoms with Crippen molar-refractivity contribution in [2.75, 3.05) is 19.6 Å². The number of hydrogen-bond acceptors (Lipinski definition) is 3. The fourth-order valence-corrected chi connectivity index (χ4v) is 3.11. The van der Waals surface area contributed by atoms with Crippen LogP contribution in [-0.4, -0.2) is 41.5 Å². The maximum absolute atomic E-state index is 12.0. The van der Waals surface area contributed by atoms with Crippen LogP contribution in [0.1, 0.15) is 27.0 Å². The van der Waals surface area contributed by atoms with Gasteiger partial charge < -0.3 is 10.4 Å². The smallest absolute Gasteiger partial charge is 0.335 e. The normalized spacial score (nSPS) is 13.9. The van der Waals surface area contributed by atoms with Crippen LogP contribution in [0, 0.1) is 0 Å². The van der Waals surface area contributed by atoms with Gasteiger partial charge in [0.05, 0.1) is 12.0 Å². The van der Waals surface area contributed by atoms with E-state index in [4.69, 9.17) is 5.11 Å². The van der Waals surface area contributed by atoms with Gasteiger partial charge in [-0.15, -0.1) is 0 Å². The number of nitrogens with one attached hydrogen (secondary N) is 1. The molecule has 3 rings (SSSR count). The number of carbonyl (C=O) groups excluding carboxylic acids is 1. The zero-order chi connectivity index (χ0) is 17.6. The molecule has 0 aliphatic carbocycles. The number of benzene rings is 2. The monoisotopic (exact) mass is 338 g/mol. The van der Waals surface area contributed by atoms with E-state index in [1.54, 1.807) is 12.1 Å². The summed E-state index contributed by atoms with van der Waals surface area (Å²) >= 11 is 0. The van der Waals surface area contributed by atoms with Crippen LogP contribution in [0.2, 0.25) is 0 Å². The highest BCUT2D eigenvalue weighted by Crippen LogP contribution is 2.17. The Morgan fingerprint density at radius 3 is 2.48 bits per heavy atom. The van der Waals surface area contributed by atoms with Crippen molar-refractivity contribution in [1.29, 1.82) is 0 Å². The molecule has 25 heavy (non-hydrogen) atoms. The average molecular weight is 338 g/mol. The Morgan fingerprint density at radius 1 is 1.04 bits per heavy atom. The second-order valence-corrected chi connectivity index (χ2v) is 6.32. The van der Waals surface area contributed by atoms with Crippen LogP contribution < -0.4 is 5.32 Å². The van der Waals surface area contributed by atoms with Crippen LogP contribution in [0.3, 0.4) is 0 Å². The number of carboxylic acid groups (broad SMARTS) is 1. The van der Waals surface area contributed by atoms with Gasteiger partial charge in [0.2, 0.25) is 5.91 Å². The van der Waals surface area contributed by atoms with E-state index in [0.717, 1.165) is 31.6 Å². The first kappa shape index (κ1) is 17.2. The molecular formula is C20H22N2O3. The van der Waals surface area contributed by atoms with Crippen molar-refractivity contribution in [3.8, 4) is 0 Å². The summed E-state index contributed by atoms with van der Waals surface area (Å²) in [5.41, 5.74) is 3.84. The van der Waals surface area contributed by atoms with Crippen LogP contribution in [0.15, 0.2) is 48.5 Å². The first-order valence-corrected chi connectivity index (χ1v) is 8.50. The topological polar surface area (TPSA) is 69.6 Å². The summed E-state index contributed by atoms with van der Waals surface area (Å²) in [6.07, 6.45) is 1.32. The molecule has 5 nitrogen and oxygen atoms in total. The molecule has 0 aromatic heterocycles. The van der Waals surface area contributed by atoms with Crippen molar-refractivity contribution < 1.29 is 14.7 Å². The fourth-order valence-electron chi connectivity index (χ4n) is 3.11. The summed E-state index contributed by atoms with van der Waals surface area (Å²) < 4.78 is 0. The van der Waals surface area contributed by atoms with Crippen LogP contribution in [-0.2, 0) is 24.2 Å². The molecular weight excluding hydrogens is 316 g/mol. The van der Waals surface area contributed by atoms with E-state index in [-0.39, 0.29) is 17.9 Å². The Bertz CT molecular complexity index is 756. The number of aromatic carboxylic acids is 1. The van der Waals surface area contributed by atoms with Gasteiger partial charge in [0.1, 0.15) is 0 Å². The number of nitrogens with zero attached hydrogens (tertiary/aromatic N) is 1. The third-order valence-corrected chi connectivity index (χ3v) is 4.53. The van der Waals surface area contributed by atoms with Crippen LogP contribution in [0.25, 0.3) is 0 Å². The van der Waals surface area contributed by atoms with Gasteiger partial charge in [-0.2, -0.15) is 0 Å². The molecule has 1 aliphatic heterocycles. The molecule has 0 spiro atoms. The summed E-state index contributed by atoms with van der Waals surface area (Å²) in [7, 11) is 0. The lowest BCUT2D eigenvalue weighted by Crippen LogP contribution is -2.38. The molecule has 2 aromatic carbocycles. The highest BCUT2D eigenvalue weighted by molar-refractivity contribution is 5.87. The summed E-state index contributed by atoms with van der Waals surface area (Å²) in [5.74, 6) is -1.00. The molecule has 0 unspecified atom stereocenters. The molecule has 5 heteroatoms. The molecule has 0 saturated heterocycles. The second-order valence-electron chi connectivity index (χ2n) is 6.32. The number of carbonyl (C=O) groups is 2. The maximum atomic E-state index is 12.0. The first-order chi connectivity index (χ1) is 12.1. The van der Waals surface area contributed by atoms with Crippen LogP contribution in [0.5, 0.6) is 0 Å². The molecule has 0 fully saturated rings. The highest BCUT2D eigenvalue weighted by atomic mass is 16.4. The van der Waals surface area contributed by atoms with Gasteiger partial charge in [0.15, 0.2) is 0 Å². The van der Waals surface area contributed by atoms with E-state index in [1.807, 2.05) is 0 Å². The number of carboxylic acids is 1. The fraction of sp³-hybridized carbons (Fsp3) is 0.300. The molecule has 2 aromatic rings. The molecule has 2 N–H and O–H groups in total. The number of amides is 1. The van der Waals surface area contributed by atoms with E-state index < -0.39 is 5.97 Å². The lowest BCUT2D eigenvalue weighted by Gasteiger charge is -2.28. The van der Waals surface area contributed by atoms with Crippen molar-refractivity contribution in [3.63, 3.8) is 0 Å². The summed E-state index contributed by atoms with van der Waals surface area (Å²) in [4.78, 5) is 25.2. The minimum atomic E-state index is -0.959. The van der Waals surface area contributed by atoms with E-state index in [2.05, 4.69) is 34.5 Å². The minimum Gasteiger partial charge on any atom is -0.478 e. The van der Waals surface area contributed by atoms with Crippen molar-refractivity contribution in [3.05, 3.63) is 70.8 Å². The maximum Gasteiger partial charge on any atom is 0.335 e. The second kappa shape index (κ2) is 7.94. The predicted octanol–water partition coefficient (Wildman–Crippen LogP) is 2.10. The van der Waals surface area contributed by atoms with E-state index >= 15 is 0 Å². The Labute approximate surface area is 147 Å². The zero-order valence-corrected chi connectivity index (χ0v) is 14.1. The van der Waals surface area contributed by atoms with E-state index in [1.165, 1.54) is 23.3 Å².